The van der Waals surface area contributed by atoms with Crippen LogP contribution in [0.5, 0.6) is 0 Å². The van der Waals surface area contributed by atoms with E-state index in [0.29, 0.717) is 6.10 Å². The quantitative estimate of drug-likeness (QED) is 0.672. The first kappa shape index (κ1) is 8.76. The molecular weight excluding hydrogens is 160 g/mol. The fraction of sp³-hybridized carbons (Fsp3) is 0.500. The Balaban J connectivity index is 2.04. The van der Waals surface area contributed by atoms with Gasteiger partial charge in [0, 0.05) is 0 Å². The lowest BCUT2D eigenvalue weighted by atomic mass is 9.99. The van der Waals surface area contributed by atoms with Gasteiger partial charge < -0.3 is 4.74 Å². The van der Waals surface area contributed by atoms with E-state index >= 15 is 0 Å². The second-order valence-corrected chi connectivity index (χ2v) is 3.74. The maximum absolute atomic E-state index is 5.74. The molecule has 0 radical (unpaired) electrons. The summed E-state index contributed by atoms with van der Waals surface area (Å²) in [7, 11) is 0. The van der Waals surface area contributed by atoms with Gasteiger partial charge in [-0.3, -0.25) is 0 Å². The van der Waals surface area contributed by atoms with Gasteiger partial charge in [-0.2, -0.15) is 0 Å². The molecule has 1 heterocycles. The van der Waals surface area contributed by atoms with Gasteiger partial charge in [0.15, 0.2) is 0 Å². The first-order chi connectivity index (χ1) is 6.40. The Morgan fingerprint density at radius 2 is 2.08 bits per heavy atom. The summed E-state index contributed by atoms with van der Waals surface area (Å²) in [4.78, 5) is 0. The van der Waals surface area contributed by atoms with Gasteiger partial charge in [-0.25, -0.2) is 0 Å². The fourth-order valence-corrected chi connectivity index (χ4v) is 1.88. The highest BCUT2D eigenvalue weighted by Gasteiger charge is 2.24. The average molecular weight is 176 g/mol. The van der Waals surface area contributed by atoms with E-state index in [1.807, 2.05) is 0 Å². The molecule has 1 aliphatic rings. The van der Waals surface area contributed by atoms with Crippen LogP contribution in [0.2, 0.25) is 0 Å². The van der Waals surface area contributed by atoms with E-state index < -0.39 is 0 Å². The minimum atomic E-state index is 0.353. The topological polar surface area (TPSA) is 9.23 Å². The van der Waals surface area contributed by atoms with Crippen LogP contribution in [0.1, 0.15) is 31.4 Å². The van der Waals surface area contributed by atoms with Crippen LogP contribution in [0, 0.1) is 5.92 Å². The van der Waals surface area contributed by atoms with Crippen LogP contribution in [0.25, 0.3) is 0 Å². The lowest BCUT2D eigenvalue weighted by molar-refractivity contribution is 0.107. The van der Waals surface area contributed by atoms with Gasteiger partial charge in [0.25, 0.3) is 0 Å². The van der Waals surface area contributed by atoms with Crippen molar-refractivity contribution in [1.29, 1.82) is 0 Å². The molecule has 13 heavy (non-hydrogen) atoms. The first-order valence-electron chi connectivity index (χ1n) is 5.06. The third-order valence-corrected chi connectivity index (χ3v) is 2.83. The zero-order valence-electron chi connectivity index (χ0n) is 8.07. The Morgan fingerprint density at radius 3 is 2.69 bits per heavy atom. The molecule has 2 unspecified atom stereocenters. The van der Waals surface area contributed by atoms with Crippen molar-refractivity contribution in [3.63, 3.8) is 0 Å². The Bertz CT molecular complexity index is 255. The van der Waals surface area contributed by atoms with Gasteiger partial charge in [-0.15, -0.1) is 0 Å². The van der Waals surface area contributed by atoms with Crippen molar-refractivity contribution in [3.05, 3.63) is 35.9 Å². The van der Waals surface area contributed by atoms with Crippen LogP contribution < -0.4 is 0 Å². The molecule has 1 nitrogen and oxygen atoms in total. The van der Waals surface area contributed by atoms with E-state index in [4.69, 9.17) is 4.74 Å². The SMILES string of the molecule is CCC1COC(c2ccccc2)C1. The molecule has 1 saturated heterocycles. The highest BCUT2D eigenvalue weighted by atomic mass is 16.5. The highest BCUT2D eigenvalue weighted by Crippen LogP contribution is 2.33. The molecule has 0 saturated carbocycles. The summed E-state index contributed by atoms with van der Waals surface area (Å²) in [5, 5.41) is 0. The lowest BCUT2D eigenvalue weighted by Crippen LogP contribution is -1.95. The molecule has 1 heteroatoms. The van der Waals surface area contributed by atoms with Crippen molar-refractivity contribution >= 4 is 0 Å². The Labute approximate surface area is 79.7 Å². The predicted molar refractivity (Wildman–Crippen MR) is 53.5 cm³/mol. The molecule has 0 N–H and O–H groups in total. The molecule has 1 aromatic rings. The van der Waals surface area contributed by atoms with E-state index in [-0.39, 0.29) is 0 Å². The molecule has 2 rings (SSSR count). The van der Waals surface area contributed by atoms with Crippen molar-refractivity contribution in [1.82, 2.24) is 0 Å². The Morgan fingerprint density at radius 1 is 1.31 bits per heavy atom. The predicted octanol–water partition coefficient (Wildman–Crippen LogP) is 3.17. The summed E-state index contributed by atoms with van der Waals surface area (Å²) in [6, 6.07) is 10.5. The van der Waals surface area contributed by atoms with E-state index in [9.17, 15) is 0 Å². The fourth-order valence-electron chi connectivity index (χ4n) is 1.88. The van der Waals surface area contributed by atoms with Crippen LogP contribution in [-0.4, -0.2) is 6.61 Å². The molecule has 2 atom stereocenters. The number of hydrogen-bond donors (Lipinski definition) is 0. The van der Waals surface area contributed by atoms with Crippen molar-refractivity contribution < 1.29 is 4.74 Å². The molecule has 0 amide bonds. The highest BCUT2D eigenvalue weighted by molar-refractivity contribution is 5.18. The van der Waals surface area contributed by atoms with Crippen molar-refractivity contribution in [3.8, 4) is 0 Å². The number of hydrogen-bond acceptors (Lipinski definition) is 1. The lowest BCUT2D eigenvalue weighted by Gasteiger charge is -2.08. The van der Waals surface area contributed by atoms with Crippen LogP contribution in [0.3, 0.4) is 0 Å². The Hall–Kier alpha value is -0.820. The largest absolute Gasteiger partial charge is 0.373 e. The molecule has 0 aromatic heterocycles. The number of rotatable bonds is 2. The van der Waals surface area contributed by atoms with E-state index in [1.165, 1.54) is 18.4 Å². The third kappa shape index (κ3) is 1.92. The monoisotopic (exact) mass is 176 g/mol. The van der Waals surface area contributed by atoms with E-state index in [0.717, 1.165) is 12.5 Å². The van der Waals surface area contributed by atoms with Crippen molar-refractivity contribution in [2.75, 3.05) is 6.61 Å². The number of benzene rings is 1. The summed E-state index contributed by atoms with van der Waals surface area (Å²) < 4.78 is 5.74. The Kier molecular flexibility index (Phi) is 2.65. The molecule has 1 aromatic carbocycles. The zero-order valence-corrected chi connectivity index (χ0v) is 8.07. The summed E-state index contributed by atoms with van der Waals surface area (Å²) >= 11 is 0. The van der Waals surface area contributed by atoms with E-state index in [1.54, 1.807) is 0 Å². The minimum Gasteiger partial charge on any atom is -0.373 e. The molecule has 0 spiro atoms. The maximum atomic E-state index is 5.74. The van der Waals surface area contributed by atoms with Crippen LogP contribution in [0.15, 0.2) is 30.3 Å². The van der Waals surface area contributed by atoms with Gasteiger partial charge in [-0.1, -0.05) is 43.7 Å². The normalized spacial score (nSPS) is 27.8. The standard InChI is InChI=1S/C12H16O/c1-2-10-8-12(13-9-10)11-6-4-3-5-7-11/h3-7,10,12H,2,8-9H2,1H3. The van der Waals surface area contributed by atoms with Gasteiger partial charge in [0.1, 0.15) is 0 Å². The smallest absolute Gasteiger partial charge is 0.0828 e. The molecule has 1 aliphatic heterocycles. The molecule has 0 bridgehead atoms. The van der Waals surface area contributed by atoms with Gasteiger partial charge >= 0.3 is 0 Å². The molecular formula is C12H16O. The molecule has 0 aliphatic carbocycles. The van der Waals surface area contributed by atoms with Crippen LogP contribution in [-0.2, 0) is 4.74 Å². The zero-order chi connectivity index (χ0) is 9.10. The second kappa shape index (κ2) is 3.93. The minimum absolute atomic E-state index is 0.353. The maximum Gasteiger partial charge on any atom is 0.0828 e. The summed E-state index contributed by atoms with van der Waals surface area (Å²) in [5.74, 6) is 0.769. The van der Waals surface area contributed by atoms with Crippen LogP contribution in [0.4, 0.5) is 0 Å². The number of ether oxygens (including phenoxy) is 1. The summed E-state index contributed by atoms with van der Waals surface area (Å²) in [5.41, 5.74) is 1.33. The van der Waals surface area contributed by atoms with Crippen molar-refractivity contribution in [2.45, 2.75) is 25.9 Å². The molecule has 1 fully saturated rings. The first-order valence-corrected chi connectivity index (χ1v) is 5.06. The average Bonchev–Trinajstić information content (AvgIpc) is 2.67. The summed E-state index contributed by atoms with van der Waals surface area (Å²) in [6.45, 7) is 3.18. The van der Waals surface area contributed by atoms with E-state index in [2.05, 4.69) is 37.3 Å². The second-order valence-electron chi connectivity index (χ2n) is 3.74. The van der Waals surface area contributed by atoms with Crippen molar-refractivity contribution in [2.24, 2.45) is 5.92 Å². The molecule has 70 valence electrons. The van der Waals surface area contributed by atoms with Crippen LogP contribution >= 0.6 is 0 Å². The van der Waals surface area contributed by atoms with Gasteiger partial charge in [0.05, 0.1) is 12.7 Å². The summed E-state index contributed by atoms with van der Waals surface area (Å²) in [6.07, 6.45) is 2.79. The van der Waals surface area contributed by atoms with Gasteiger partial charge in [-0.05, 0) is 17.9 Å². The third-order valence-electron chi connectivity index (χ3n) is 2.83. The van der Waals surface area contributed by atoms with Gasteiger partial charge in [0.2, 0.25) is 0 Å².